The van der Waals surface area contributed by atoms with Crippen molar-refractivity contribution in [2.45, 2.75) is 31.8 Å². The fourth-order valence-corrected chi connectivity index (χ4v) is 2.35. The fraction of sp³-hybridized carbons (Fsp3) is 0.462. The van der Waals surface area contributed by atoms with E-state index in [9.17, 15) is 4.79 Å². The van der Waals surface area contributed by atoms with Gasteiger partial charge >= 0.3 is 0 Å². The molecule has 3 nitrogen and oxygen atoms in total. The first-order chi connectivity index (χ1) is 8.24. The second kappa shape index (κ2) is 6.17. The summed E-state index contributed by atoms with van der Waals surface area (Å²) in [5.41, 5.74) is 0.820. The number of anilines is 1. The Hall–Kier alpha value is -0.870. The number of hydrogen-bond donors (Lipinski definition) is 1. The van der Waals surface area contributed by atoms with E-state index in [-0.39, 0.29) is 12.0 Å². The molecule has 1 unspecified atom stereocenters. The van der Waals surface area contributed by atoms with Crippen LogP contribution >= 0.6 is 15.9 Å². The molecule has 0 aliphatic carbocycles. The summed E-state index contributed by atoms with van der Waals surface area (Å²) in [6.45, 7) is 0.787. The van der Waals surface area contributed by atoms with Crippen LogP contribution in [-0.2, 0) is 9.53 Å². The molecule has 2 rings (SSSR count). The molecule has 1 aromatic carbocycles. The first-order valence-electron chi connectivity index (χ1n) is 5.91. The van der Waals surface area contributed by atoms with Crippen LogP contribution in [0.25, 0.3) is 0 Å². The highest BCUT2D eigenvalue weighted by molar-refractivity contribution is 9.10. The molecule has 92 valence electrons. The van der Waals surface area contributed by atoms with Crippen molar-refractivity contribution >= 4 is 27.5 Å². The standard InChI is InChI=1S/C13H16BrNO2/c14-10-4-3-5-11(8-10)15-13(16)9-12-6-1-2-7-17-12/h3-5,8,12H,1-2,6-7,9H2,(H,15,16). The predicted molar refractivity (Wildman–Crippen MR) is 71.0 cm³/mol. The van der Waals surface area contributed by atoms with Crippen LogP contribution in [0.4, 0.5) is 5.69 Å². The van der Waals surface area contributed by atoms with Crippen molar-refractivity contribution in [1.82, 2.24) is 0 Å². The largest absolute Gasteiger partial charge is 0.378 e. The highest BCUT2D eigenvalue weighted by Crippen LogP contribution is 2.18. The van der Waals surface area contributed by atoms with Gasteiger partial charge in [0, 0.05) is 16.8 Å². The Morgan fingerprint density at radius 3 is 3.06 bits per heavy atom. The van der Waals surface area contributed by atoms with Crippen molar-refractivity contribution in [2.75, 3.05) is 11.9 Å². The molecule has 0 radical (unpaired) electrons. The van der Waals surface area contributed by atoms with Crippen molar-refractivity contribution in [1.29, 1.82) is 0 Å². The van der Waals surface area contributed by atoms with Crippen LogP contribution in [0.5, 0.6) is 0 Å². The smallest absolute Gasteiger partial charge is 0.226 e. The van der Waals surface area contributed by atoms with Crippen LogP contribution in [-0.4, -0.2) is 18.6 Å². The third-order valence-corrected chi connectivity index (χ3v) is 3.29. The lowest BCUT2D eigenvalue weighted by Crippen LogP contribution is -2.25. The number of hydrogen-bond acceptors (Lipinski definition) is 2. The van der Waals surface area contributed by atoms with Gasteiger partial charge in [-0.25, -0.2) is 0 Å². The minimum absolute atomic E-state index is 0.0231. The Morgan fingerprint density at radius 1 is 1.47 bits per heavy atom. The number of benzene rings is 1. The zero-order valence-electron chi connectivity index (χ0n) is 9.62. The molecule has 1 atom stereocenters. The summed E-state index contributed by atoms with van der Waals surface area (Å²) in [5.74, 6) is 0.0231. The molecule has 17 heavy (non-hydrogen) atoms. The number of carbonyl (C=O) groups is 1. The number of amides is 1. The molecule has 1 heterocycles. The summed E-state index contributed by atoms with van der Waals surface area (Å²) < 4.78 is 6.50. The van der Waals surface area contributed by atoms with Crippen molar-refractivity contribution in [2.24, 2.45) is 0 Å². The SMILES string of the molecule is O=C(CC1CCCCO1)Nc1cccc(Br)c1. The molecule has 1 amide bonds. The molecule has 1 aromatic rings. The van der Waals surface area contributed by atoms with Crippen molar-refractivity contribution in [3.63, 3.8) is 0 Å². The minimum Gasteiger partial charge on any atom is -0.378 e. The Morgan fingerprint density at radius 2 is 2.35 bits per heavy atom. The third-order valence-electron chi connectivity index (χ3n) is 2.80. The molecule has 1 fully saturated rings. The van der Waals surface area contributed by atoms with Crippen LogP contribution in [0.15, 0.2) is 28.7 Å². The van der Waals surface area contributed by atoms with Crippen molar-refractivity contribution in [3.8, 4) is 0 Å². The van der Waals surface area contributed by atoms with E-state index in [1.807, 2.05) is 24.3 Å². The summed E-state index contributed by atoms with van der Waals surface area (Å²) in [6, 6.07) is 7.60. The molecular formula is C13H16BrNO2. The highest BCUT2D eigenvalue weighted by atomic mass is 79.9. The van der Waals surface area contributed by atoms with E-state index in [1.165, 1.54) is 0 Å². The lowest BCUT2D eigenvalue weighted by atomic mass is 10.1. The van der Waals surface area contributed by atoms with Gasteiger partial charge < -0.3 is 10.1 Å². The maximum Gasteiger partial charge on any atom is 0.226 e. The van der Waals surface area contributed by atoms with Gasteiger partial charge in [0.05, 0.1) is 12.5 Å². The lowest BCUT2D eigenvalue weighted by molar-refractivity contribution is -0.119. The summed E-state index contributed by atoms with van der Waals surface area (Å²) >= 11 is 3.37. The van der Waals surface area contributed by atoms with Crippen LogP contribution in [0.3, 0.4) is 0 Å². The monoisotopic (exact) mass is 297 g/mol. The maximum atomic E-state index is 11.8. The fourth-order valence-electron chi connectivity index (χ4n) is 1.95. The zero-order chi connectivity index (χ0) is 12.1. The van der Waals surface area contributed by atoms with Crippen LogP contribution in [0.1, 0.15) is 25.7 Å². The molecule has 1 aliphatic rings. The maximum absolute atomic E-state index is 11.8. The Labute approximate surface area is 110 Å². The quantitative estimate of drug-likeness (QED) is 0.929. The van der Waals surface area contributed by atoms with Gasteiger partial charge in [0.15, 0.2) is 0 Å². The topological polar surface area (TPSA) is 38.3 Å². The molecule has 0 aromatic heterocycles. The molecule has 4 heteroatoms. The van der Waals surface area contributed by atoms with Gasteiger partial charge in [0.25, 0.3) is 0 Å². The van der Waals surface area contributed by atoms with Gasteiger partial charge in [-0.15, -0.1) is 0 Å². The van der Waals surface area contributed by atoms with Crippen LogP contribution in [0, 0.1) is 0 Å². The summed E-state index contributed by atoms with van der Waals surface area (Å²) in [5, 5.41) is 2.88. The molecular weight excluding hydrogens is 282 g/mol. The highest BCUT2D eigenvalue weighted by Gasteiger charge is 2.17. The van der Waals surface area contributed by atoms with Crippen molar-refractivity contribution < 1.29 is 9.53 Å². The number of ether oxygens (including phenoxy) is 1. The van der Waals surface area contributed by atoms with E-state index >= 15 is 0 Å². The molecule has 0 saturated carbocycles. The summed E-state index contributed by atoms with van der Waals surface area (Å²) in [6.07, 6.45) is 3.81. The average molecular weight is 298 g/mol. The van der Waals surface area contributed by atoms with Crippen LogP contribution in [0.2, 0.25) is 0 Å². The molecule has 1 aliphatic heterocycles. The van der Waals surface area contributed by atoms with Crippen molar-refractivity contribution in [3.05, 3.63) is 28.7 Å². The molecule has 0 bridgehead atoms. The van der Waals surface area contributed by atoms with Gasteiger partial charge in [-0.1, -0.05) is 22.0 Å². The number of nitrogens with one attached hydrogen (secondary N) is 1. The predicted octanol–water partition coefficient (Wildman–Crippen LogP) is 3.35. The Bertz CT molecular complexity index is 389. The van der Waals surface area contributed by atoms with Gasteiger partial charge in [0.2, 0.25) is 5.91 Å². The van der Waals surface area contributed by atoms with Gasteiger partial charge in [-0.3, -0.25) is 4.79 Å². The Balaban J connectivity index is 1.84. The van der Waals surface area contributed by atoms with Gasteiger partial charge in [0.1, 0.15) is 0 Å². The molecule has 1 N–H and O–H groups in total. The summed E-state index contributed by atoms with van der Waals surface area (Å²) in [4.78, 5) is 11.8. The third kappa shape index (κ3) is 4.13. The van der Waals surface area contributed by atoms with Gasteiger partial charge in [-0.05, 0) is 37.5 Å². The van der Waals surface area contributed by atoms with E-state index in [0.29, 0.717) is 6.42 Å². The zero-order valence-corrected chi connectivity index (χ0v) is 11.2. The van der Waals surface area contributed by atoms with E-state index in [4.69, 9.17) is 4.74 Å². The minimum atomic E-state index is 0.0231. The second-order valence-corrected chi connectivity index (χ2v) is 5.17. The average Bonchev–Trinajstić information content (AvgIpc) is 2.30. The molecule has 0 spiro atoms. The first kappa shape index (κ1) is 12.6. The van der Waals surface area contributed by atoms with E-state index < -0.39 is 0 Å². The normalized spacial score (nSPS) is 19.9. The molecule has 1 saturated heterocycles. The van der Waals surface area contributed by atoms with Crippen LogP contribution < -0.4 is 5.32 Å². The second-order valence-electron chi connectivity index (χ2n) is 4.25. The van der Waals surface area contributed by atoms with Gasteiger partial charge in [-0.2, -0.15) is 0 Å². The number of rotatable bonds is 3. The van der Waals surface area contributed by atoms with E-state index in [2.05, 4.69) is 21.2 Å². The summed E-state index contributed by atoms with van der Waals surface area (Å²) in [7, 11) is 0. The lowest BCUT2D eigenvalue weighted by Gasteiger charge is -2.21. The van der Waals surface area contributed by atoms with E-state index in [1.54, 1.807) is 0 Å². The number of halogens is 1. The Kier molecular flexibility index (Phi) is 4.57. The van der Waals surface area contributed by atoms with E-state index in [0.717, 1.165) is 36.0 Å². The first-order valence-corrected chi connectivity index (χ1v) is 6.70. The number of carbonyl (C=O) groups excluding carboxylic acids is 1.